The van der Waals surface area contributed by atoms with E-state index in [1.807, 2.05) is 13.8 Å². The molecule has 0 aliphatic carbocycles. The van der Waals surface area contributed by atoms with Gasteiger partial charge in [0.15, 0.2) is 5.89 Å². The maximum absolute atomic E-state index is 10.8. The average Bonchev–Trinajstić information content (AvgIpc) is 2.54. The normalized spacial score (nSPS) is 8.62. The molecule has 1 aromatic rings. The summed E-state index contributed by atoms with van der Waals surface area (Å²) in [5.74, 6) is 0.530. The zero-order valence-corrected chi connectivity index (χ0v) is 8.55. The van der Waals surface area contributed by atoms with Gasteiger partial charge in [-0.05, 0) is 0 Å². The Morgan fingerprint density at radius 3 is 2.62 bits per heavy atom. The van der Waals surface area contributed by atoms with Gasteiger partial charge in [0.2, 0.25) is 5.91 Å². The summed E-state index contributed by atoms with van der Waals surface area (Å²) >= 11 is 0. The quantitative estimate of drug-likeness (QED) is 0.753. The number of nitrogens with zero attached hydrogens (tertiary/aromatic N) is 1. The van der Waals surface area contributed by atoms with E-state index in [9.17, 15) is 4.79 Å². The van der Waals surface area contributed by atoms with Crippen molar-refractivity contribution in [2.24, 2.45) is 0 Å². The van der Waals surface area contributed by atoms with Crippen LogP contribution in [-0.2, 0) is 11.2 Å². The van der Waals surface area contributed by atoms with Crippen molar-refractivity contribution in [1.29, 1.82) is 0 Å². The van der Waals surface area contributed by atoms with Crippen LogP contribution in [0.5, 0.6) is 0 Å². The third-order valence-corrected chi connectivity index (χ3v) is 1.29. The van der Waals surface area contributed by atoms with Crippen LogP contribution in [0.1, 0.15) is 25.4 Å². The Morgan fingerprint density at radius 2 is 2.23 bits per heavy atom. The molecule has 0 saturated heterocycles. The van der Waals surface area contributed by atoms with Crippen molar-refractivity contribution in [1.82, 2.24) is 10.3 Å². The molecule has 0 fully saturated rings. The SMILES string of the molecule is CC.CNC(=O)Cc1coc(C)n1. The predicted octanol–water partition coefficient (Wildman–Crippen LogP) is 1.30. The van der Waals surface area contributed by atoms with E-state index in [-0.39, 0.29) is 12.3 Å². The zero-order valence-electron chi connectivity index (χ0n) is 8.55. The van der Waals surface area contributed by atoms with Crippen LogP contribution in [-0.4, -0.2) is 17.9 Å². The molecule has 0 aliphatic heterocycles. The Bertz CT molecular complexity index is 256. The van der Waals surface area contributed by atoms with Gasteiger partial charge < -0.3 is 9.73 Å². The lowest BCUT2D eigenvalue weighted by molar-refractivity contribution is -0.120. The van der Waals surface area contributed by atoms with Crippen LogP contribution in [0.4, 0.5) is 0 Å². The van der Waals surface area contributed by atoms with Crippen LogP contribution in [0.2, 0.25) is 0 Å². The van der Waals surface area contributed by atoms with Gasteiger partial charge >= 0.3 is 0 Å². The lowest BCUT2D eigenvalue weighted by Crippen LogP contribution is -2.20. The second kappa shape index (κ2) is 6.22. The summed E-state index contributed by atoms with van der Waals surface area (Å²) in [5.41, 5.74) is 0.668. The Kier molecular flexibility index (Phi) is 5.59. The smallest absolute Gasteiger partial charge is 0.225 e. The number of likely N-dealkylation sites (N-methyl/N-ethyl adjacent to an activating group) is 1. The largest absolute Gasteiger partial charge is 0.449 e. The number of oxazole rings is 1. The molecule has 0 aromatic carbocycles. The highest BCUT2D eigenvalue weighted by atomic mass is 16.3. The number of rotatable bonds is 2. The molecule has 0 atom stereocenters. The lowest BCUT2D eigenvalue weighted by atomic mass is 10.3. The van der Waals surface area contributed by atoms with Crippen molar-refractivity contribution in [3.8, 4) is 0 Å². The molecule has 0 spiro atoms. The Balaban J connectivity index is 0.000000671. The van der Waals surface area contributed by atoms with Crippen LogP contribution in [0.15, 0.2) is 10.7 Å². The molecule has 1 aromatic heterocycles. The number of aryl methyl sites for hydroxylation is 1. The molecule has 74 valence electrons. The number of amides is 1. The first kappa shape index (κ1) is 11.7. The van der Waals surface area contributed by atoms with Crippen LogP contribution < -0.4 is 5.32 Å². The highest BCUT2D eigenvalue weighted by Gasteiger charge is 2.04. The summed E-state index contributed by atoms with van der Waals surface area (Å²) in [6.07, 6.45) is 1.78. The number of hydrogen-bond acceptors (Lipinski definition) is 3. The van der Waals surface area contributed by atoms with E-state index in [2.05, 4.69) is 10.3 Å². The first-order chi connectivity index (χ1) is 6.22. The van der Waals surface area contributed by atoms with E-state index in [1.165, 1.54) is 6.26 Å². The minimum absolute atomic E-state index is 0.0571. The fraction of sp³-hybridized carbons (Fsp3) is 0.556. The lowest BCUT2D eigenvalue weighted by Gasteiger charge is -1.92. The van der Waals surface area contributed by atoms with Crippen molar-refractivity contribution in [2.75, 3.05) is 7.05 Å². The van der Waals surface area contributed by atoms with Gasteiger partial charge in [-0.1, -0.05) is 13.8 Å². The maximum atomic E-state index is 10.8. The second-order valence-electron chi connectivity index (χ2n) is 2.21. The summed E-state index contributed by atoms with van der Waals surface area (Å²) < 4.78 is 4.92. The highest BCUT2D eigenvalue weighted by Crippen LogP contribution is 2.00. The molecule has 0 radical (unpaired) electrons. The molecule has 0 unspecified atom stereocenters. The van der Waals surface area contributed by atoms with Gasteiger partial charge in [-0.2, -0.15) is 0 Å². The molecule has 1 rings (SSSR count). The van der Waals surface area contributed by atoms with Gasteiger partial charge in [-0.25, -0.2) is 4.98 Å². The van der Waals surface area contributed by atoms with Crippen molar-refractivity contribution in [3.63, 3.8) is 0 Å². The molecular weight excluding hydrogens is 168 g/mol. The zero-order chi connectivity index (χ0) is 10.3. The third-order valence-electron chi connectivity index (χ3n) is 1.29. The van der Waals surface area contributed by atoms with E-state index >= 15 is 0 Å². The summed E-state index contributed by atoms with van der Waals surface area (Å²) in [4.78, 5) is 14.8. The standard InChI is InChI=1S/C7H10N2O2.C2H6/c1-5-9-6(4-11-5)3-7(10)8-2;1-2/h4H,3H2,1-2H3,(H,8,10);1-2H3. The van der Waals surface area contributed by atoms with Gasteiger partial charge in [-0.15, -0.1) is 0 Å². The molecule has 1 N–H and O–H groups in total. The van der Waals surface area contributed by atoms with E-state index in [0.29, 0.717) is 11.6 Å². The number of nitrogens with one attached hydrogen (secondary N) is 1. The Morgan fingerprint density at radius 1 is 1.62 bits per heavy atom. The fourth-order valence-corrected chi connectivity index (χ4v) is 0.742. The number of hydrogen-bond donors (Lipinski definition) is 1. The molecule has 4 heteroatoms. The van der Waals surface area contributed by atoms with Gasteiger partial charge in [0.25, 0.3) is 0 Å². The summed E-state index contributed by atoms with van der Waals surface area (Å²) in [6.45, 7) is 5.74. The monoisotopic (exact) mass is 184 g/mol. The molecular formula is C9H16N2O2. The average molecular weight is 184 g/mol. The number of carbonyl (C=O) groups excluding carboxylic acids is 1. The third kappa shape index (κ3) is 4.30. The molecule has 1 amide bonds. The fourth-order valence-electron chi connectivity index (χ4n) is 0.742. The van der Waals surface area contributed by atoms with E-state index in [1.54, 1.807) is 14.0 Å². The van der Waals surface area contributed by atoms with Crippen LogP contribution in [0.25, 0.3) is 0 Å². The molecule has 0 saturated carbocycles. The second-order valence-corrected chi connectivity index (χ2v) is 2.21. The van der Waals surface area contributed by atoms with Gasteiger partial charge in [0.05, 0.1) is 12.1 Å². The van der Waals surface area contributed by atoms with Crippen LogP contribution in [0.3, 0.4) is 0 Å². The first-order valence-electron chi connectivity index (χ1n) is 4.34. The van der Waals surface area contributed by atoms with E-state index in [0.717, 1.165) is 0 Å². The molecule has 0 aliphatic rings. The van der Waals surface area contributed by atoms with Crippen molar-refractivity contribution >= 4 is 5.91 Å². The van der Waals surface area contributed by atoms with Crippen LogP contribution in [0, 0.1) is 6.92 Å². The topological polar surface area (TPSA) is 55.1 Å². The minimum atomic E-state index is -0.0571. The van der Waals surface area contributed by atoms with Crippen molar-refractivity contribution < 1.29 is 9.21 Å². The Labute approximate surface area is 78.4 Å². The van der Waals surface area contributed by atoms with E-state index < -0.39 is 0 Å². The molecule has 13 heavy (non-hydrogen) atoms. The van der Waals surface area contributed by atoms with Crippen molar-refractivity contribution in [2.45, 2.75) is 27.2 Å². The molecule has 1 heterocycles. The predicted molar refractivity (Wildman–Crippen MR) is 50.4 cm³/mol. The summed E-state index contributed by atoms with van der Waals surface area (Å²) in [7, 11) is 1.59. The van der Waals surface area contributed by atoms with Gasteiger partial charge in [-0.3, -0.25) is 4.79 Å². The van der Waals surface area contributed by atoms with Crippen LogP contribution >= 0.6 is 0 Å². The first-order valence-corrected chi connectivity index (χ1v) is 4.34. The van der Waals surface area contributed by atoms with Gasteiger partial charge in [0, 0.05) is 14.0 Å². The highest BCUT2D eigenvalue weighted by molar-refractivity contribution is 5.77. The molecule has 4 nitrogen and oxygen atoms in total. The summed E-state index contributed by atoms with van der Waals surface area (Å²) in [6, 6.07) is 0. The Hall–Kier alpha value is -1.32. The molecule has 0 bridgehead atoms. The maximum Gasteiger partial charge on any atom is 0.225 e. The summed E-state index contributed by atoms with van der Waals surface area (Å²) in [5, 5.41) is 2.50. The van der Waals surface area contributed by atoms with Gasteiger partial charge in [0.1, 0.15) is 6.26 Å². The number of carbonyl (C=O) groups is 1. The number of aromatic nitrogens is 1. The van der Waals surface area contributed by atoms with Crippen molar-refractivity contribution in [3.05, 3.63) is 17.8 Å². The van der Waals surface area contributed by atoms with E-state index in [4.69, 9.17) is 4.42 Å². The minimum Gasteiger partial charge on any atom is -0.449 e.